The number of rotatable bonds is 6. The van der Waals surface area contributed by atoms with Gasteiger partial charge in [0.1, 0.15) is 0 Å². The molecular formula is C12H14N4O2S. The predicted molar refractivity (Wildman–Crippen MR) is 71.0 cm³/mol. The van der Waals surface area contributed by atoms with Crippen molar-refractivity contribution in [3.8, 4) is 0 Å². The van der Waals surface area contributed by atoms with Crippen LogP contribution in [0.15, 0.2) is 35.5 Å². The highest BCUT2D eigenvalue weighted by Gasteiger charge is 2.18. The Morgan fingerprint density at radius 2 is 2.16 bits per heavy atom. The Morgan fingerprint density at radius 1 is 1.42 bits per heavy atom. The van der Waals surface area contributed by atoms with E-state index in [-0.39, 0.29) is 11.8 Å². The van der Waals surface area contributed by atoms with Gasteiger partial charge < -0.3 is 5.11 Å². The number of tetrazole rings is 1. The lowest BCUT2D eigenvalue weighted by atomic mass is 10.1. The zero-order chi connectivity index (χ0) is 13.7. The molecule has 19 heavy (non-hydrogen) atoms. The van der Waals surface area contributed by atoms with Gasteiger partial charge in [-0.2, -0.15) is 0 Å². The van der Waals surface area contributed by atoms with Crippen LogP contribution in [0.2, 0.25) is 0 Å². The molecule has 1 aromatic heterocycles. The second-order valence-electron chi connectivity index (χ2n) is 3.92. The van der Waals surface area contributed by atoms with Crippen LogP contribution in [-0.4, -0.2) is 37.0 Å². The number of thioether (sulfide) groups is 1. The Hall–Kier alpha value is -1.89. The molecule has 1 atom stereocenters. The van der Waals surface area contributed by atoms with Gasteiger partial charge in [0.15, 0.2) is 0 Å². The van der Waals surface area contributed by atoms with Crippen LogP contribution in [0.5, 0.6) is 0 Å². The van der Waals surface area contributed by atoms with E-state index in [1.54, 1.807) is 4.68 Å². The third-order valence-electron chi connectivity index (χ3n) is 2.65. The Bertz CT molecular complexity index is 544. The maximum atomic E-state index is 10.6. The molecule has 0 aliphatic carbocycles. The van der Waals surface area contributed by atoms with Gasteiger partial charge in [-0.3, -0.25) is 4.79 Å². The second kappa shape index (κ2) is 6.33. The monoisotopic (exact) mass is 278 g/mol. The van der Waals surface area contributed by atoms with Crippen LogP contribution in [-0.2, 0) is 4.79 Å². The van der Waals surface area contributed by atoms with Crippen molar-refractivity contribution in [2.45, 2.75) is 24.5 Å². The van der Waals surface area contributed by atoms with Gasteiger partial charge in [-0.05, 0) is 22.4 Å². The SMILES string of the molecule is CCC(c1ccccc1)n1nnnc1SCC(=O)O. The Kier molecular flexibility index (Phi) is 4.51. The maximum Gasteiger partial charge on any atom is 0.313 e. The van der Waals surface area contributed by atoms with Gasteiger partial charge >= 0.3 is 5.97 Å². The summed E-state index contributed by atoms with van der Waals surface area (Å²) >= 11 is 1.13. The molecule has 2 rings (SSSR count). The van der Waals surface area contributed by atoms with Crippen molar-refractivity contribution in [2.75, 3.05) is 5.75 Å². The fourth-order valence-corrected chi connectivity index (χ4v) is 2.47. The van der Waals surface area contributed by atoms with Crippen LogP contribution in [0, 0.1) is 0 Å². The molecule has 100 valence electrons. The summed E-state index contributed by atoms with van der Waals surface area (Å²) < 4.78 is 1.68. The van der Waals surface area contributed by atoms with Crippen LogP contribution in [0.3, 0.4) is 0 Å². The molecule has 7 heteroatoms. The number of aliphatic carboxylic acids is 1. The fraction of sp³-hybridized carbons (Fsp3) is 0.333. The quantitative estimate of drug-likeness (QED) is 0.812. The van der Waals surface area contributed by atoms with E-state index in [0.29, 0.717) is 5.16 Å². The molecule has 2 aromatic rings. The lowest BCUT2D eigenvalue weighted by Gasteiger charge is -2.16. The number of carboxylic acid groups (broad SMARTS) is 1. The molecule has 0 saturated carbocycles. The van der Waals surface area contributed by atoms with Gasteiger partial charge in [0, 0.05) is 0 Å². The molecule has 0 spiro atoms. The van der Waals surface area contributed by atoms with Crippen LogP contribution >= 0.6 is 11.8 Å². The topological polar surface area (TPSA) is 80.9 Å². The number of aromatic nitrogens is 4. The van der Waals surface area contributed by atoms with Gasteiger partial charge in [-0.1, -0.05) is 49.0 Å². The predicted octanol–water partition coefficient (Wildman–Crippen LogP) is 1.85. The van der Waals surface area contributed by atoms with Crippen molar-refractivity contribution in [1.82, 2.24) is 20.2 Å². The third kappa shape index (κ3) is 3.31. The molecule has 1 unspecified atom stereocenters. The van der Waals surface area contributed by atoms with Crippen LogP contribution in [0.25, 0.3) is 0 Å². The van der Waals surface area contributed by atoms with Gasteiger partial charge in [-0.25, -0.2) is 4.68 Å². The minimum Gasteiger partial charge on any atom is -0.481 e. The molecule has 1 N–H and O–H groups in total. The number of benzene rings is 1. The van der Waals surface area contributed by atoms with E-state index in [9.17, 15) is 4.79 Å². The summed E-state index contributed by atoms with van der Waals surface area (Å²) in [4.78, 5) is 10.6. The van der Waals surface area contributed by atoms with Crippen molar-refractivity contribution < 1.29 is 9.90 Å². The molecular weight excluding hydrogens is 264 g/mol. The van der Waals surface area contributed by atoms with Crippen LogP contribution in [0.1, 0.15) is 24.9 Å². The summed E-state index contributed by atoms with van der Waals surface area (Å²) in [5.41, 5.74) is 1.11. The summed E-state index contributed by atoms with van der Waals surface area (Å²) in [7, 11) is 0. The van der Waals surface area contributed by atoms with Crippen molar-refractivity contribution >= 4 is 17.7 Å². The highest BCUT2D eigenvalue weighted by molar-refractivity contribution is 7.99. The first-order chi connectivity index (χ1) is 9.22. The summed E-state index contributed by atoms with van der Waals surface area (Å²) in [5, 5.41) is 20.8. The van der Waals surface area contributed by atoms with Crippen LogP contribution < -0.4 is 0 Å². The molecule has 6 nitrogen and oxygen atoms in total. The second-order valence-corrected chi connectivity index (χ2v) is 4.87. The Morgan fingerprint density at radius 3 is 2.79 bits per heavy atom. The molecule has 0 radical (unpaired) electrons. The first-order valence-corrected chi connectivity index (χ1v) is 6.88. The molecule has 1 heterocycles. The van der Waals surface area contributed by atoms with E-state index in [1.807, 2.05) is 37.3 Å². The van der Waals surface area contributed by atoms with E-state index in [2.05, 4.69) is 15.5 Å². The summed E-state index contributed by atoms with van der Waals surface area (Å²) in [6.45, 7) is 2.05. The van der Waals surface area contributed by atoms with Gasteiger partial charge in [0.25, 0.3) is 0 Å². The van der Waals surface area contributed by atoms with Crippen molar-refractivity contribution in [1.29, 1.82) is 0 Å². The number of hydrogen-bond donors (Lipinski definition) is 1. The normalized spacial score (nSPS) is 12.3. The van der Waals surface area contributed by atoms with Crippen molar-refractivity contribution in [3.63, 3.8) is 0 Å². The average molecular weight is 278 g/mol. The summed E-state index contributed by atoms with van der Waals surface area (Å²) in [5.74, 6) is -0.932. The number of nitrogens with zero attached hydrogens (tertiary/aromatic N) is 4. The molecule has 1 aromatic carbocycles. The van der Waals surface area contributed by atoms with Crippen LogP contribution in [0.4, 0.5) is 0 Å². The van der Waals surface area contributed by atoms with E-state index in [0.717, 1.165) is 23.7 Å². The number of carboxylic acids is 1. The molecule has 0 aliphatic rings. The Balaban J connectivity index is 2.24. The van der Waals surface area contributed by atoms with Gasteiger partial charge in [0.2, 0.25) is 5.16 Å². The van der Waals surface area contributed by atoms with E-state index >= 15 is 0 Å². The zero-order valence-corrected chi connectivity index (χ0v) is 11.2. The summed E-state index contributed by atoms with van der Waals surface area (Å²) in [6, 6.07) is 9.94. The lowest BCUT2D eigenvalue weighted by molar-refractivity contribution is -0.133. The van der Waals surface area contributed by atoms with Gasteiger partial charge in [-0.15, -0.1) is 5.10 Å². The van der Waals surface area contributed by atoms with Crippen molar-refractivity contribution in [2.24, 2.45) is 0 Å². The first kappa shape index (κ1) is 13.5. The Labute approximate surface area is 114 Å². The highest BCUT2D eigenvalue weighted by atomic mass is 32.2. The van der Waals surface area contributed by atoms with Gasteiger partial charge in [0.05, 0.1) is 11.8 Å². The molecule has 0 saturated heterocycles. The number of hydrogen-bond acceptors (Lipinski definition) is 5. The third-order valence-corrected chi connectivity index (χ3v) is 3.57. The largest absolute Gasteiger partial charge is 0.481 e. The number of carbonyl (C=O) groups is 1. The molecule has 0 bridgehead atoms. The summed E-state index contributed by atoms with van der Waals surface area (Å²) in [6.07, 6.45) is 0.829. The minimum atomic E-state index is -0.882. The van der Waals surface area contributed by atoms with Crippen molar-refractivity contribution in [3.05, 3.63) is 35.9 Å². The lowest BCUT2D eigenvalue weighted by Crippen LogP contribution is -2.13. The minimum absolute atomic E-state index is 0.0208. The molecule has 0 fully saturated rings. The maximum absolute atomic E-state index is 10.6. The first-order valence-electron chi connectivity index (χ1n) is 5.89. The standard InChI is InChI=1S/C12H14N4O2S/c1-2-10(9-6-4-3-5-7-9)16-12(13-14-15-16)19-8-11(17)18/h3-7,10H,2,8H2,1H3,(H,17,18). The smallest absolute Gasteiger partial charge is 0.313 e. The molecule has 0 aliphatic heterocycles. The fourth-order valence-electron chi connectivity index (χ4n) is 1.83. The zero-order valence-electron chi connectivity index (χ0n) is 10.4. The molecule has 0 amide bonds. The van der Waals surface area contributed by atoms with E-state index in [4.69, 9.17) is 5.11 Å². The van der Waals surface area contributed by atoms with E-state index in [1.165, 1.54) is 0 Å². The average Bonchev–Trinajstić information content (AvgIpc) is 2.87. The van der Waals surface area contributed by atoms with E-state index < -0.39 is 5.97 Å². The highest BCUT2D eigenvalue weighted by Crippen LogP contribution is 2.25.